The van der Waals surface area contributed by atoms with Crippen LogP contribution in [0.5, 0.6) is 0 Å². The van der Waals surface area contributed by atoms with Crippen LogP contribution in [0.2, 0.25) is 0 Å². The number of carbonyl (C=O) groups is 2. The molecular formula is C14H25NO4. The SMILES string of the molecule is CCC(C)(C)OC(=O)NC(C(=O)O)C1CCCCC1. The van der Waals surface area contributed by atoms with Gasteiger partial charge in [0.15, 0.2) is 0 Å². The highest BCUT2D eigenvalue weighted by molar-refractivity contribution is 5.80. The number of nitrogens with one attached hydrogen (secondary N) is 1. The van der Waals surface area contributed by atoms with E-state index in [0.717, 1.165) is 32.1 Å². The first-order valence-electron chi connectivity index (χ1n) is 7.08. The standard InChI is InChI=1S/C14H25NO4/c1-4-14(2,3)19-13(18)15-11(12(16)17)10-8-6-5-7-9-10/h10-11H,4-9H2,1-3H3,(H,15,18)(H,16,17). The van der Waals surface area contributed by atoms with Crippen LogP contribution in [-0.4, -0.2) is 28.8 Å². The first kappa shape index (κ1) is 15.8. The number of amides is 1. The molecule has 0 aromatic rings. The highest BCUT2D eigenvalue weighted by Crippen LogP contribution is 2.27. The van der Waals surface area contributed by atoms with Crippen LogP contribution in [0.25, 0.3) is 0 Å². The zero-order valence-electron chi connectivity index (χ0n) is 12.1. The van der Waals surface area contributed by atoms with Gasteiger partial charge < -0.3 is 15.2 Å². The Balaban J connectivity index is 2.58. The Morgan fingerprint density at radius 2 is 1.89 bits per heavy atom. The second-order valence-electron chi connectivity index (χ2n) is 5.86. The average Bonchev–Trinajstić information content (AvgIpc) is 2.36. The van der Waals surface area contributed by atoms with E-state index in [2.05, 4.69) is 5.32 Å². The fourth-order valence-electron chi connectivity index (χ4n) is 2.33. The number of alkyl carbamates (subject to hydrolysis) is 1. The van der Waals surface area contributed by atoms with Crippen molar-refractivity contribution in [2.75, 3.05) is 0 Å². The molecule has 0 aromatic carbocycles. The van der Waals surface area contributed by atoms with Gasteiger partial charge in [0, 0.05) is 0 Å². The molecule has 1 aliphatic rings. The quantitative estimate of drug-likeness (QED) is 0.806. The van der Waals surface area contributed by atoms with Gasteiger partial charge in [-0.25, -0.2) is 9.59 Å². The summed E-state index contributed by atoms with van der Waals surface area (Å²) in [7, 11) is 0. The van der Waals surface area contributed by atoms with E-state index in [-0.39, 0.29) is 5.92 Å². The number of hydrogen-bond donors (Lipinski definition) is 2. The van der Waals surface area contributed by atoms with E-state index in [1.165, 1.54) is 0 Å². The molecule has 1 amide bonds. The van der Waals surface area contributed by atoms with Crippen LogP contribution in [0.4, 0.5) is 4.79 Å². The molecule has 19 heavy (non-hydrogen) atoms. The monoisotopic (exact) mass is 271 g/mol. The van der Waals surface area contributed by atoms with Crippen LogP contribution < -0.4 is 5.32 Å². The topological polar surface area (TPSA) is 75.6 Å². The first-order chi connectivity index (χ1) is 8.85. The fourth-order valence-corrected chi connectivity index (χ4v) is 2.33. The molecule has 5 heteroatoms. The van der Waals surface area contributed by atoms with Crippen molar-refractivity contribution < 1.29 is 19.4 Å². The lowest BCUT2D eigenvalue weighted by Gasteiger charge is -2.29. The summed E-state index contributed by atoms with van der Waals surface area (Å²) in [6.07, 6.45) is 4.97. The normalized spacial score (nSPS) is 18.7. The van der Waals surface area contributed by atoms with Gasteiger partial charge in [0.25, 0.3) is 0 Å². The van der Waals surface area contributed by atoms with Gasteiger partial charge in [0.2, 0.25) is 0 Å². The summed E-state index contributed by atoms with van der Waals surface area (Å²) in [5, 5.41) is 11.8. The Hall–Kier alpha value is -1.26. The van der Waals surface area contributed by atoms with Crippen molar-refractivity contribution in [2.45, 2.75) is 70.9 Å². The number of carboxylic acids is 1. The third-order valence-electron chi connectivity index (χ3n) is 3.88. The second-order valence-corrected chi connectivity index (χ2v) is 5.86. The average molecular weight is 271 g/mol. The molecule has 2 N–H and O–H groups in total. The summed E-state index contributed by atoms with van der Waals surface area (Å²) in [5.41, 5.74) is -0.570. The molecule has 0 saturated heterocycles. The maximum Gasteiger partial charge on any atom is 0.408 e. The van der Waals surface area contributed by atoms with Crippen molar-refractivity contribution in [1.29, 1.82) is 0 Å². The highest BCUT2D eigenvalue weighted by Gasteiger charge is 2.32. The maximum absolute atomic E-state index is 11.8. The summed E-state index contributed by atoms with van der Waals surface area (Å²) in [6, 6.07) is -0.833. The van der Waals surface area contributed by atoms with Crippen molar-refractivity contribution >= 4 is 12.1 Å². The van der Waals surface area contributed by atoms with Crippen molar-refractivity contribution in [3.8, 4) is 0 Å². The van der Waals surface area contributed by atoms with Crippen molar-refractivity contribution in [1.82, 2.24) is 5.32 Å². The minimum atomic E-state index is -0.974. The lowest BCUT2D eigenvalue weighted by molar-refractivity contribution is -0.141. The van der Waals surface area contributed by atoms with Gasteiger partial charge in [-0.2, -0.15) is 0 Å². The molecule has 1 atom stereocenters. The number of aliphatic carboxylic acids is 1. The molecule has 1 saturated carbocycles. The lowest BCUT2D eigenvalue weighted by Crippen LogP contribution is -2.48. The first-order valence-corrected chi connectivity index (χ1v) is 7.08. The molecule has 0 spiro atoms. The van der Waals surface area contributed by atoms with Gasteiger partial charge in [0.05, 0.1) is 0 Å². The van der Waals surface area contributed by atoms with Gasteiger partial charge in [0.1, 0.15) is 11.6 Å². The van der Waals surface area contributed by atoms with Gasteiger partial charge in [-0.1, -0.05) is 26.2 Å². The Morgan fingerprint density at radius 1 is 1.32 bits per heavy atom. The molecular weight excluding hydrogens is 246 g/mol. The van der Waals surface area contributed by atoms with Crippen LogP contribution in [0.3, 0.4) is 0 Å². The third kappa shape index (κ3) is 5.09. The smallest absolute Gasteiger partial charge is 0.408 e. The predicted octanol–water partition coefficient (Wildman–Crippen LogP) is 2.93. The molecule has 1 rings (SSSR count). The number of hydrogen-bond acceptors (Lipinski definition) is 3. The molecule has 0 radical (unpaired) electrons. The van der Waals surface area contributed by atoms with Crippen LogP contribution in [0.15, 0.2) is 0 Å². The van der Waals surface area contributed by atoms with E-state index in [0.29, 0.717) is 6.42 Å². The molecule has 110 valence electrons. The molecule has 1 aliphatic carbocycles. The Morgan fingerprint density at radius 3 is 2.37 bits per heavy atom. The van der Waals surface area contributed by atoms with E-state index in [9.17, 15) is 14.7 Å². The summed E-state index contributed by atoms with van der Waals surface area (Å²) in [5.74, 6) is -0.957. The number of rotatable bonds is 5. The van der Waals surface area contributed by atoms with Crippen LogP contribution in [0.1, 0.15) is 59.3 Å². The van der Waals surface area contributed by atoms with Crippen LogP contribution in [-0.2, 0) is 9.53 Å². The Labute approximate surface area is 114 Å². The molecule has 0 bridgehead atoms. The molecule has 0 aliphatic heterocycles. The molecule has 5 nitrogen and oxygen atoms in total. The summed E-state index contributed by atoms with van der Waals surface area (Å²) < 4.78 is 5.25. The molecule has 1 unspecified atom stereocenters. The number of ether oxygens (including phenoxy) is 1. The van der Waals surface area contributed by atoms with E-state index < -0.39 is 23.7 Å². The van der Waals surface area contributed by atoms with Gasteiger partial charge in [-0.15, -0.1) is 0 Å². The Kier molecular flexibility index (Phi) is 5.63. The van der Waals surface area contributed by atoms with Crippen LogP contribution >= 0.6 is 0 Å². The third-order valence-corrected chi connectivity index (χ3v) is 3.88. The maximum atomic E-state index is 11.8. The molecule has 0 aromatic heterocycles. The van der Waals surface area contributed by atoms with E-state index in [1.54, 1.807) is 0 Å². The molecule has 0 heterocycles. The van der Waals surface area contributed by atoms with E-state index >= 15 is 0 Å². The zero-order chi connectivity index (χ0) is 14.5. The summed E-state index contributed by atoms with van der Waals surface area (Å²) in [6.45, 7) is 5.54. The van der Waals surface area contributed by atoms with Gasteiger partial charge in [-0.3, -0.25) is 0 Å². The summed E-state index contributed by atoms with van der Waals surface area (Å²) >= 11 is 0. The van der Waals surface area contributed by atoms with Crippen molar-refractivity contribution in [2.24, 2.45) is 5.92 Å². The van der Waals surface area contributed by atoms with Crippen molar-refractivity contribution in [3.63, 3.8) is 0 Å². The fraction of sp³-hybridized carbons (Fsp3) is 0.857. The largest absolute Gasteiger partial charge is 0.480 e. The second kappa shape index (κ2) is 6.78. The van der Waals surface area contributed by atoms with E-state index in [4.69, 9.17) is 4.74 Å². The van der Waals surface area contributed by atoms with Crippen LogP contribution in [0, 0.1) is 5.92 Å². The van der Waals surface area contributed by atoms with E-state index in [1.807, 2.05) is 20.8 Å². The van der Waals surface area contributed by atoms with Crippen molar-refractivity contribution in [3.05, 3.63) is 0 Å². The van der Waals surface area contributed by atoms with Gasteiger partial charge >= 0.3 is 12.1 Å². The summed E-state index contributed by atoms with van der Waals surface area (Å²) in [4.78, 5) is 23.1. The highest BCUT2D eigenvalue weighted by atomic mass is 16.6. The Bertz CT molecular complexity index is 321. The van der Waals surface area contributed by atoms with Gasteiger partial charge in [-0.05, 0) is 39.0 Å². The predicted molar refractivity (Wildman–Crippen MR) is 72.0 cm³/mol. The lowest BCUT2D eigenvalue weighted by atomic mass is 9.84. The number of carbonyl (C=O) groups excluding carboxylic acids is 1. The number of carboxylic acid groups (broad SMARTS) is 1. The minimum absolute atomic E-state index is 0.0172. The zero-order valence-corrected chi connectivity index (χ0v) is 12.1. The minimum Gasteiger partial charge on any atom is -0.480 e. The molecule has 1 fully saturated rings.